The van der Waals surface area contributed by atoms with Gasteiger partial charge in [0, 0.05) is 12.7 Å². The second-order valence-electron chi connectivity index (χ2n) is 3.08. The van der Waals surface area contributed by atoms with Gasteiger partial charge in [-0.2, -0.15) is 0 Å². The Morgan fingerprint density at radius 2 is 2.15 bits per heavy atom. The number of nitrogens with zero attached hydrogens (tertiary/aromatic N) is 1. The molecule has 13 heavy (non-hydrogen) atoms. The highest BCUT2D eigenvalue weighted by Gasteiger charge is 2.13. The Bertz CT molecular complexity index is 326. The van der Waals surface area contributed by atoms with Crippen molar-refractivity contribution in [3.8, 4) is 0 Å². The lowest BCUT2D eigenvalue weighted by Crippen LogP contribution is -2.10. The zero-order chi connectivity index (χ0) is 10.0. The Labute approximate surface area is 78.3 Å². The highest BCUT2D eigenvalue weighted by Crippen LogP contribution is 2.13. The van der Waals surface area contributed by atoms with Crippen molar-refractivity contribution in [2.24, 2.45) is 7.05 Å². The molecule has 3 nitrogen and oxygen atoms in total. The fourth-order valence-electron chi connectivity index (χ4n) is 1.25. The van der Waals surface area contributed by atoms with Crippen LogP contribution >= 0.6 is 0 Å². The van der Waals surface area contributed by atoms with Gasteiger partial charge in [0.05, 0.1) is 6.61 Å². The van der Waals surface area contributed by atoms with Crippen molar-refractivity contribution in [3.63, 3.8) is 0 Å². The third-order valence-corrected chi connectivity index (χ3v) is 2.27. The van der Waals surface area contributed by atoms with Crippen LogP contribution in [0.3, 0.4) is 0 Å². The molecule has 0 aliphatic carbocycles. The smallest absolute Gasteiger partial charge is 0.354 e. The third kappa shape index (κ3) is 1.74. The number of hydrogen-bond acceptors (Lipinski definition) is 2. The van der Waals surface area contributed by atoms with Crippen LogP contribution in [-0.2, 0) is 11.8 Å². The van der Waals surface area contributed by atoms with Crippen LogP contribution in [0, 0.1) is 13.8 Å². The fourth-order valence-corrected chi connectivity index (χ4v) is 1.25. The summed E-state index contributed by atoms with van der Waals surface area (Å²) in [5, 5.41) is 0. The van der Waals surface area contributed by atoms with Crippen LogP contribution in [0.2, 0.25) is 0 Å². The minimum Gasteiger partial charge on any atom is -0.461 e. The molecule has 0 atom stereocenters. The Kier molecular flexibility index (Phi) is 2.76. The van der Waals surface area contributed by atoms with Gasteiger partial charge in [-0.3, -0.25) is 0 Å². The molecule has 1 aromatic heterocycles. The van der Waals surface area contributed by atoms with E-state index in [1.54, 1.807) is 6.92 Å². The van der Waals surface area contributed by atoms with E-state index in [0.717, 1.165) is 11.3 Å². The second kappa shape index (κ2) is 3.64. The molecule has 0 saturated carbocycles. The monoisotopic (exact) mass is 181 g/mol. The highest BCUT2D eigenvalue weighted by molar-refractivity contribution is 5.88. The predicted molar refractivity (Wildman–Crippen MR) is 50.8 cm³/mol. The van der Waals surface area contributed by atoms with Crippen molar-refractivity contribution >= 4 is 5.97 Å². The maximum absolute atomic E-state index is 11.4. The van der Waals surface area contributed by atoms with Crippen molar-refractivity contribution in [1.29, 1.82) is 0 Å². The first kappa shape index (κ1) is 9.84. The molecule has 0 fully saturated rings. The van der Waals surface area contributed by atoms with Crippen molar-refractivity contribution in [2.75, 3.05) is 6.61 Å². The molecule has 0 unspecified atom stereocenters. The van der Waals surface area contributed by atoms with Gasteiger partial charge in [0.2, 0.25) is 0 Å². The van der Waals surface area contributed by atoms with Crippen LogP contribution in [0.5, 0.6) is 0 Å². The van der Waals surface area contributed by atoms with Gasteiger partial charge < -0.3 is 9.30 Å². The quantitative estimate of drug-likeness (QED) is 0.652. The maximum Gasteiger partial charge on any atom is 0.354 e. The van der Waals surface area contributed by atoms with E-state index in [0.29, 0.717) is 12.3 Å². The first-order chi connectivity index (χ1) is 6.07. The summed E-state index contributed by atoms with van der Waals surface area (Å²) in [5.74, 6) is -0.249. The Morgan fingerprint density at radius 3 is 2.54 bits per heavy atom. The molecular formula is C10H15NO2. The van der Waals surface area contributed by atoms with Crippen LogP contribution in [0.4, 0.5) is 0 Å². The first-order valence-corrected chi connectivity index (χ1v) is 4.38. The molecule has 0 spiro atoms. The molecule has 3 heteroatoms. The summed E-state index contributed by atoms with van der Waals surface area (Å²) in [7, 11) is 1.87. The van der Waals surface area contributed by atoms with E-state index >= 15 is 0 Å². The maximum atomic E-state index is 11.4. The van der Waals surface area contributed by atoms with Gasteiger partial charge in [-0.15, -0.1) is 0 Å². The standard InChI is InChI=1S/C10H15NO2/c1-5-13-10(12)9-6-7(2)8(3)11(9)4/h6H,5H2,1-4H3. The number of ether oxygens (including phenoxy) is 1. The highest BCUT2D eigenvalue weighted by atomic mass is 16.5. The minimum absolute atomic E-state index is 0.249. The van der Waals surface area contributed by atoms with Crippen molar-refractivity contribution in [1.82, 2.24) is 4.57 Å². The Hall–Kier alpha value is -1.25. The van der Waals surface area contributed by atoms with Crippen LogP contribution in [0.15, 0.2) is 6.07 Å². The first-order valence-electron chi connectivity index (χ1n) is 4.38. The summed E-state index contributed by atoms with van der Waals surface area (Å²) in [6.45, 7) is 6.19. The third-order valence-electron chi connectivity index (χ3n) is 2.27. The van der Waals surface area contributed by atoms with E-state index in [-0.39, 0.29) is 5.97 Å². The fraction of sp³-hybridized carbons (Fsp3) is 0.500. The van der Waals surface area contributed by atoms with Gasteiger partial charge >= 0.3 is 5.97 Å². The number of esters is 1. The van der Waals surface area contributed by atoms with E-state index in [2.05, 4.69) is 0 Å². The van der Waals surface area contributed by atoms with E-state index in [1.165, 1.54) is 0 Å². The minimum atomic E-state index is -0.249. The van der Waals surface area contributed by atoms with E-state index in [9.17, 15) is 4.79 Å². The zero-order valence-corrected chi connectivity index (χ0v) is 8.55. The summed E-state index contributed by atoms with van der Waals surface area (Å²) in [6, 6.07) is 1.85. The van der Waals surface area contributed by atoms with Crippen LogP contribution < -0.4 is 0 Å². The van der Waals surface area contributed by atoms with E-state index in [1.807, 2.05) is 31.5 Å². The number of carbonyl (C=O) groups excluding carboxylic acids is 1. The van der Waals surface area contributed by atoms with Gasteiger partial charge in [-0.05, 0) is 32.4 Å². The van der Waals surface area contributed by atoms with Crippen molar-refractivity contribution < 1.29 is 9.53 Å². The van der Waals surface area contributed by atoms with Gasteiger partial charge in [-0.25, -0.2) is 4.79 Å². The van der Waals surface area contributed by atoms with Crippen LogP contribution in [-0.4, -0.2) is 17.1 Å². The average molecular weight is 181 g/mol. The van der Waals surface area contributed by atoms with Gasteiger partial charge in [-0.1, -0.05) is 0 Å². The predicted octanol–water partition coefficient (Wildman–Crippen LogP) is 1.82. The lowest BCUT2D eigenvalue weighted by molar-refractivity contribution is 0.0515. The summed E-state index contributed by atoms with van der Waals surface area (Å²) in [4.78, 5) is 11.4. The largest absolute Gasteiger partial charge is 0.461 e. The van der Waals surface area contributed by atoms with Crippen LogP contribution in [0.25, 0.3) is 0 Å². The summed E-state index contributed by atoms with van der Waals surface area (Å²) in [6.07, 6.45) is 0. The molecule has 0 aliphatic rings. The molecule has 0 amide bonds. The second-order valence-corrected chi connectivity index (χ2v) is 3.08. The zero-order valence-electron chi connectivity index (χ0n) is 8.55. The summed E-state index contributed by atoms with van der Waals surface area (Å²) < 4.78 is 6.77. The van der Waals surface area contributed by atoms with Crippen LogP contribution in [0.1, 0.15) is 28.7 Å². The SMILES string of the molecule is CCOC(=O)c1cc(C)c(C)n1C. The molecule has 1 aromatic rings. The number of aryl methyl sites for hydroxylation is 1. The molecule has 0 radical (unpaired) electrons. The normalized spacial score (nSPS) is 10.2. The van der Waals surface area contributed by atoms with Crippen molar-refractivity contribution in [3.05, 3.63) is 23.0 Å². The molecule has 72 valence electrons. The molecule has 0 bridgehead atoms. The molecule has 0 saturated heterocycles. The number of rotatable bonds is 2. The summed E-state index contributed by atoms with van der Waals surface area (Å²) >= 11 is 0. The van der Waals surface area contributed by atoms with E-state index in [4.69, 9.17) is 4.74 Å². The topological polar surface area (TPSA) is 31.2 Å². The lowest BCUT2D eigenvalue weighted by atomic mass is 10.3. The van der Waals surface area contributed by atoms with E-state index < -0.39 is 0 Å². The molecule has 0 aromatic carbocycles. The van der Waals surface area contributed by atoms with Gasteiger partial charge in [0.1, 0.15) is 5.69 Å². The number of aromatic nitrogens is 1. The molecule has 1 rings (SSSR count). The molecular weight excluding hydrogens is 166 g/mol. The lowest BCUT2D eigenvalue weighted by Gasteiger charge is -2.03. The molecule has 1 heterocycles. The summed E-state index contributed by atoms with van der Waals surface area (Å²) in [5.41, 5.74) is 2.84. The number of carbonyl (C=O) groups is 1. The van der Waals surface area contributed by atoms with Gasteiger partial charge in [0.25, 0.3) is 0 Å². The average Bonchev–Trinajstić information content (AvgIpc) is 2.33. The molecule has 0 N–H and O–H groups in total. The molecule has 0 aliphatic heterocycles. The Morgan fingerprint density at radius 1 is 1.54 bits per heavy atom. The van der Waals surface area contributed by atoms with Gasteiger partial charge in [0.15, 0.2) is 0 Å². The Balaban J connectivity index is 3.01. The number of hydrogen-bond donors (Lipinski definition) is 0. The van der Waals surface area contributed by atoms with Crippen molar-refractivity contribution in [2.45, 2.75) is 20.8 Å².